The van der Waals surface area contributed by atoms with Gasteiger partial charge in [0.05, 0.1) is 6.61 Å². The normalized spacial score (nSPS) is 10.4. The highest BCUT2D eigenvalue weighted by molar-refractivity contribution is 5.66. The SMILES string of the molecule is COCc1cc(CCCC(=O)O)ccc1F. The Kier molecular flexibility index (Phi) is 4.92. The molecule has 0 fully saturated rings. The van der Waals surface area contributed by atoms with Gasteiger partial charge in [-0.05, 0) is 24.5 Å². The Morgan fingerprint density at radius 2 is 2.25 bits per heavy atom. The quantitative estimate of drug-likeness (QED) is 0.810. The van der Waals surface area contributed by atoms with Crippen molar-refractivity contribution in [3.8, 4) is 0 Å². The van der Waals surface area contributed by atoms with Gasteiger partial charge in [-0.15, -0.1) is 0 Å². The molecule has 0 aliphatic rings. The van der Waals surface area contributed by atoms with Crippen molar-refractivity contribution >= 4 is 5.97 Å². The van der Waals surface area contributed by atoms with Crippen LogP contribution in [-0.4, -0.2) is 18.2 Å². The third-order valence-corrected chi connectivity index (χ3v) is 2.27. The maximum atomic E-state index is 13.2. The molecular weight excluding hydrogens is 211 g/mol. The molecule has 1 N–H and O–H groups in total. The predicted octanol–water partition coefficient (Wildman–Crippen LogP) is 2.38. The third-order valence-electron chi connectivity index (χ3n) is 2.27. The zero-order chi connectivity index (χ0) is 12.0. The van der Waals surface area contributed by atoms with E-state index in [2.05, 4.69) is 0 Å². The molecule has 0 unspecified atom stereocenters. The molecule has 1 aromatic carbocycles. The van der Waals surface area contributed by atoms with Crippen LogP contribution in [0, 0.1) is 5.82 Å². The van der Waals surface area contributed by atoms with E-state index in [-0.39, 0.29) is 18.8 Å². The molecule has 0 saturated heterocycles. The summed E-state index contributed by atoms with van der Waals surface area (Å²) in [6, 6.07) is 4.79. The van der Waals surface area contributed by atoms with Crippen molar-refractivity contribution in [2.24, 2.45) is 0 Å². The van der Waals surface area contributed by atoms with Crippen LogP contribution < -0.4 is 0 Å². The average molecular weight is 226 g/mol. The van der Waals surface area contributed by atoms with Crippen molar-refractivity contribution in [2.75, 3.05) is 7.11 Å². The first-order valence-corrected chi connectivity index (χ1v) is 5.11. The van der Waals surface area contributed by atoms with E-state index < -0.39 is 5.97 Å². The van der Waals surface area contributed by atoms with Gasteiger partial charge in [-0.1, -0.05) is 12.1 Å². The first-order chi connectivity index (χ1) is 7.63. The first-order valence-electron chi connectivity index (χ1n) is 5.11. The minimum Gasteiger partial charge on any atom is -0.481 e. The van der Waals surface area contributed by atoms with Crippen LogP contribution in [0.25, 0.3) is 0 Å². The molecule has 88 valence electrons. The summed E-state index contributed by atoms with van der Waals surface area (Å²) in [5, 5.41) is 8.49. The zero-order valence-corrected chi connectivity index (χ0v) is 9.20. The molecular formula is C12H15FO3. The number of rotatable bonds is 6. The van der Waals surface area contributed by atoms with E-state index in [9.17, 15) is 9.18 Å². The predicted molar refractivity (Wildman–Crippen MR) is 57.7 cm³/mol. The van der Waals surface area contributed by atoms with Crippen molar-refractivity contribution in [1.29, 1.82) is 0 Å². The van der Waals surface area contributed by atoms with Crippen molar-refractivity contribution in [1.82, 2.24) is 0 Å². The van der Waals surface area contributed by atoms with E-state index in [4.69, 9.17) is 9.84 Å². The van der Waals surface area contributed by atoms with E-state index in [1.54, 1.807) is 12.1 Å². The molecule has 0 bridgehead atoms. The Hall–Kier alpha value is -1.42. The van der Waals surface area contributed by atoms with Crippen molar-refractivity contribution in [2.45, 2.75) is 25.9 Å². The highest BCUT2D eigenvalue weighted by atomic mass is 19.1. The molecule has 0 amide bonds. The van der Waals surface area contributed by atoms with Crippen LogP contribution in [0.5, 0.6) is 0 Å². The summed E-state index contributed by atoms with van der Waals surface area (Å²) in [4.78, 5) is 10.3. The van der Waals surface area contributed by atoms with Crippen molar-refractivity contribution in [3.05, 3.63) is 35.1 Å². The van der Waals surface area contributed by atoms with Gasteiger partial charge in [-0.25, -0.2) is 4.39 Å². The Labute approximate surface area is 93.9 Å². The number of benzene rings is 1. The zero-order valence-electron chi connectivity index (χ0n) is 9.20. The summed E-state index contributed by atoms with van der Waals surface area (Å²) in [5.74, 6) is -1.09. The lowest BCUT2D eigenvalue weighted by Crippen LogP contribution is -1.98. The number of halogens is 1. The molecule has 1 rings (SSSR count). The minimum absolute atomic E-state index is 0.136. The molecule has 0 spiro atoms. The fourth-order valence-corrected chi connectivity index (χ4v) is 1.49. The summed E-state index contributed by atoms with van der Waals surface area (Å²) in [6.07, 6.45) is 1.34. The summed E-state index contributed by atoms with van der Waals surface area (Å²) in [6.45, 7) is 0.235. The number of carbonyl (C=O) groups is 1. The molecule has 0 atom stereocenters. The number of aryl methyl sites for hydroxylation is 1. The van der Waals surface area contributed by atoms with E-state index in [0.29, 0.717) is 18.4 Å². The first kappa shape index (κ1) is 12.6. The van der Waals surface area contributed by atoms with Crippen LogP contribution in [0.1, 0.15) is 24.0 Å². The third kappa shape index (κ3) is 3.98. The Bertz CT molecular complexity index is 363. The van der Waals surface area contributed by atoms with Gasteiger partial charge in [-0.3, -0.25) is 4.79 Å². The maximum absolute atomic E-state index is 13.2. The number of hydrogen-bond acceptors (Lipinski definition) is 2. The van der Waals surface area contributed by atoms with Gasteiger partial charge in [0.1, 0.15) is 5.82 Å². The highest BCUT2D eigenvalue weighted by Gasteiger charge is 2.04. The number of hydrogen-bond donors (Lipinski definition) is 1. The Morgan fingerprint density at radius 1 is 1.50 bits per heavy atom. The molecule has 0 aliphatic carbocycles. The standard InChI is InChI=1S/C12H15FO3/c1-16-8-10-7-9(5-6-11(10)13)3-2-4-12(14)15/h5-7H,2-4,8H2,1H3,(H,14,15). The molecule has 0 saturated carbocycles. The fourth-order valence-electron chi connectivity index (χ4n) is 1.49. The van der Waals surface area contributed by atoms with E-state index in [1.807, 2.05) is 0 Å². The van der Waals surface area contributed by atoms with Crippen LogP contribution in [0.4, 0.5) is 4.39 Å². The smallest absolute Gasteiger partial charge is 0.303 e. The van der Waals surface area contributed by atoms with Crippen LogP contribution in [0.15, 0.2) is 18.2 Å². The van der Waals surface area contributed by atoms with Crippen LogP contribution >= 0.6 is 0 Å². The molecule has 4 heteroatoms. The molecule has 1 aromatic rings. The molecule has 0 aromatic heterocycles. The van der Waals surface area contributed by atoms with Crippen LogP contribution in [-0.2, 0) is 22.6 Å². The van der Waals surface area contributed by atoms with Crippen molar-refractivity contribution in [3.63, 3.8) is 0 Å². The van der Waals surface area contributed by atoms with Crippen LogP contribution in [0.3, 0.4) is 0 Å². The number of carboxylic acids is 1. The monoisotopic (exact) mass is 226 g/mol. The van der Waals surface area contributed by atoms with E-state index in [0.717, 1.165) is 5.56 Å². The Balaban J connectivity index is 2.60. The van der Waals surface area contributed by atoms with Gasteiger partial charge in [0.2, 0.25) is 0 Å². The number of ether oxygens (including phenoxy) is 1. The summed E-state index contributed by atoms with van der Waals surface area (Å²) >= 11 is 0. The highest BCUT2D eigenvalue weighted by Crippen LogP contribution is 2.13. The fraction of sp³-hybridized carbons (Fsp3) is 0.417. The molecule has 3 nitrogen and oxygen atoms in total. The largest absolute Gasteiger partial charge is 0.481 e. The minimum atomic E-state index is -0.806. The summed E-state index contributed by atoms with van der Waals surface area (Å²) in [7, 11) is 1.51. The Morgan fingerprint density at radius 3 is 2.88 bits per heavy atom. The second kappa shape index (κ2) is 6.23. The lowest BCUT2D eigenvalue weighted by Gasteiger charge is -2.05. The molecule has 0 radical (unpaired) electrons. The molecule has 0 heterocycles. The lowest BCUT2D eigenvalue weighted by atomic mass is 10.1. The van der Waals surface area contributed by atoms with Gasteiger partial charge in [0.25, 0.3) is 0 Å². The van der Waals surface area contributed by atoms with Gasteiger partial charge < -0.3 is 9.84 Å². The van der Waals surface area contributed by atoms with Gasteiger partial charge in [0.15, 0.2) is 0 Å². The van der Waals surface area contributed by atoms with Gasteiger partial charge >= 0.3 is 5.97 Å². The van der Waals surface area contributed by atoms with Crippen molar-refractivity contribution < 1.29 is 19.0 Å². The summed E-state index contributed by atoms with van der Waals surface area (Å²) < 4.78 is 18.1. The average Bonchev–Trinajstić information content (AvgIpc) is 2.22. The number of carboxylic acid groups (broad SMARTS) is 1. The lowest BCUT2D eigenvalue weighted by molar-refractivity contribution is -0.137. The van der Waals surface area contributed by atoms with Gasteiger partial charge in [-0.2, -0.15) is 0 Å². The second-order valence-electron chi connectivity index (χ2n) is 3.61. The second-order valence-corrected chi connectivity index (χ2v) is 3.61. The molecule has 0 aliphatic heterocycles. The number of methoxy groups -OCH3 is 1. The summed E-state index contributed by atoms with van der Waals surface area (Å²) in [5.41, 5.74) is 1.45. The van der Waals surface area contributed by atoms with E-state index in [1.165, 1.54) is 13.2 Å². The topological polar surface area (TPSA) is 46.5 Å². The van der Waals surface area contributed by atoms with E-state index >= 15 is 0 Å². The van der Waals surface area contributed by atoms with Gasteiger partial charge in [0, 0.05) is 19.1 Å². The van der Waals surface area contributed by atoms with Crippen LogP contribution in [0.2, 0.25) is 0 Å². The molecule has 16 heavy (non-hydrogen) atoms. The maximum Gasteiger partial charge on any atom is 0.303 e. The number of aliphatic carboxylic acids is 1.